The van der Waals surface area contributed by atoms with Crippen LogP contribution in [0.3, 0.4) is 0 Å². The van der Waals surface area contributed by atoms with Gasteiger partial charge < -0.3 is 10.0 Å². The van der Waals surface area contributed by atoms with Gasteiger partial charge in [-0.25, -0.2) is 4.79 Å². The van der Waals surface area contributed by atoms with Crippen LogP contribution in [0.25, 0.3) is 6.08 Å². The van der Waals surface area contributed by atoms with Crippen LogP contribution in [0.1, 0.15) is 5.56 Å². The van der Waals surface area contributed by atoms with Gasteiger partial charge in [0.15, 0.2) is 0 Å². The molecule has 0 radical (unpaired) electrons. The van der Waals surface area contributed by atoms with Crippen LogP contribution in [-0.4, -0.2) is 25.2 Å². The summed E-state index contributed by atoms with van der Waals surface area (Å²) in [5.41, 5.74) is 1.50. The van der Waals surface area contributed by atoms with Crippen LogP contribution in [-0.2, 0) is 4.79 Å². The fraction of sp³-hybridized carbons (Fsp3) is 0.182. The van der Waals surface area contributed by atoms with Crippen molar-refractivity contribution in [1.82, 2.24) is 0 Å². The van der Waals surface area contributed by atoms with Gasteiger partial charge in [-0.1, -0.05) is 12.1 Å². The van der Waals surface area contributed by atoms with E-state index in [-0.39, 0.29) is 0 Å². The van der Waals surface area contributed by atoms with Crippen molar-refractivity contribution in [3.63, 3.8) is 0 Å². The van der Waals surface area contributed by atoms with Gasteiger partial charge in [-0.15, -0.1) is 0 Å². The Morgan fingerprint density at radius 2 is 1.87 bits per heavy atom. The lowest BCUT2D eigenvalue weighted by atomic mass is 10.2. The summed E-state index contributed by atoms with van der Waals surface area (Å²) in [6.45, 7) is 0. The van der Waals surface area contributed by atoms with Gasteiger partial charge in [-0.05, 0) is 23.8 Å². The Labute approximate surface area is 87.4 Å². The van der Waals surface area contributed by atoms with Crippen LogP contribution in [0.5, 0.6) is 0 Å². The predicted molar refractivity (Wildman–Crippen MR) is 57.5 cm³/mol. The molecule has 0 aliphatic carbocycles. The second-order valence-corrected chi connectivity index (χ2v) is 3.28. The molecule has 1 rings (SSSR count). The van der Waals surface area contributed by atoms with Gasteiger partial charge in [-0.3, -0.25) is 0 Å². The molecule has 1 aromatic carbocycles. The summed E-state index contributed by atoms with van der Waals surface area (Å²) in [4.78, 5) is 12.1. The Kier molecular flexibility index (Phi) is 3.44. The van der Waals surface area contributed by atoms with Crippen LogP contribution >= 0.6 is 0 Å². The molecule has 3 nitrogen and oxygen atoms in total. The second-order valence-electron chi connectivity index (χ2n) is 3.28. The van der Waals surface area contributed by atoms with Gasteiger partial charge in [0, 0.05) is 19.8 Å². The highest BCUT2D eigenvalue weighted by molar-refractivity contribution is 5.89. The lowest BCUT2D eigenvalue weighted by Gasteiger charge is -2.11. The van der Waals surface area contributed by atoms with E-state index in [0.717, 1.165) is 11.8 Å². The fourth-order valence-electron chi connectivity index (χ4n) is 1.08. The van der Waals surface area contributed by atoms with E-state index in [1.54, 1.807) is 24.3 Å². The first-order chi connectivity index (χ1) is 7.00. The summed E-state index contributed by atoms with van der Waals surface area (Å²) in [6.07, 6.45) is 0.988. The van der Waals surface area contributed by atoms with Crippen LogP contribution in [0, 0.1) is 0 Å². The van der Waals surface area contributed by atoms with Crippen molar-refractivity contribution in [2.75, 3.05) is 19.0 Å². The van der Waals surface area contributed by atoms with Crippen LogP contribution < -0.4 is 4.90 Å². The quantitative estimate of drug-likeness (QED) is 0.775. The van der Waals surface area contributed by atoms with Crippen molar-refractivity contribution in [1.29, 1.82) is 0 Å². The number of hydrogen-bond donors (Lipinski definition) is 1. The van der Waals surface area contributed by atoms with E-state index >= 15 is 0 Å². The summed E-state index contributed by atoms with van der Waals surface area (Å²) in [6, 6.07) is 6.91. The van der Waals surface area contributed by atoms with E-state index < -0.39 is 11.8 Å². The van der Waals surface area contributed by atoms with Crippen molar-refractivity contribution in [2.24, 2.45) is 0 Å². The average molecular weight is 209 g/mol. The number of halogens is 1. The first-order valence-electron chi connectivity index (χ1n) is 4.38. The van der Waals surface area contributed by atoms with Gasteiger partial charge in [-0.2, -0.15) is 4.39 Å². The van der Waals surface area contributed by atoms with Crippen molar-refractivity contribution in [3.05, 3.63) is 35.7 Å². The Bertz CT molecular complexity index is 382. The Hall–Kier alpha value is -1.84. The Balaban J connectivity index is 2.90. The first kappa shape index (κ1) is 11.2. The molecule has 0 aromatic heterocycles. The number of anilines is 1. The standard InChI is InChI=1S/C11H12FNO2/c1-13(2)9-5-3-8(4-6-9)7-10(12)11(14)15/h3-7H,1-2H3,(H,14,15). The molecule has 4 heteroatoms. The topological polar surface area (TPSA) is 40.5 Å². The minimum atomic E-state index is -1.55. The van der Waals surface area contributed by atoms with Crippen molar-refractivity contribution in [3.8, 4) is 0 Å². The summed E-state index contributed by atoms with van der Waals surface area (Å²) in [5, 5.41) is 8.33. The minimum Gasteiger partial charge on any atom is -0.476 e. The number of hydrogen-bond acceptors (Lipinski definition) is 2. The maximum atomic E-state index is 12.7. The number of carbonyl (C=O) groups is 1. The summed E-state index contributed by atoms with van der Waals surface area (Å²) in [5.74, 6) is -2.71. The minimum absolute atomic E-state index is 0.528. The zero-order valence-electron chi connectivity index (χ0n) is 8.57. The lowest BCUT2D eigenvalue weighted by Crippen LogP contribution is -2.07. The zero-order valence-corrected chi connectivity index (χ0v) is 8.57. The number of carboxylic acids is 1. The highest BCUT2D eigenvalue weighted by Gasteiger charge is 2.04. The molecule has 0 aliphatic heterocycles. The maximum Gasteiger partial charge on any atom is 0.364 e. The molecule has 0 spiro atoms. The molecule has 0 aliphatic rings. The van der Waals surface area contributed by atoms with E-state index in [1.165, 1.54) is 0 Å². The molecule has 1 N–H and O–H groups in total. The van der Waals surface area contributed by atoms with Crippen molar-refractivity contribution >= 4 is 17.7 Å². The lowest BCUT2D eigenvalue weighted by molar-refractivity contribution is -0.134. The van der Waals surface area contributed by atoms with E-state index in [1.807, 2.05) is 19.0 Å². The molecular formula is C11H12FNO2. The summed E-state index contributed by atoms with van der Waals surface area (Å²) in [7, 11) is 3.78. The molecule has 1 aromatic rings. The number of nitrogens with zero attached hydrogens (tertiary/aromatic N) is 1. The molecule has 0 atom stereocenters. The molecule has 0 amide bonds. The highest BCUT2D eigenvalue weighted by Crippen LogP contribution is 2.14. The summed E-state index contributed by atoms with van der Waals surface area (Å²) >= 11 is 0. The molecule has 15 heavy (non-hydrogen) atoms. The average Bonchev–Trinajstić information content (AvgIpc) is 2.18. The van der Waals surface area contributed by atoms with Crippen molar-refractivity contribution < 1.29 is 14.3 Å². The third-order valence-corrected chi connectivity index (χ3v) is 1.91. The molecule has 0 saturated heterocycles. The zero-order chi connectivity index (χ0) is 11.4. The van der Waals surface area contributed by atoms with Crippen LogP contribution in [0.2, 0.25) is 0 Å². The molecule has 80 valence electrons. The van der Waals surface area contributed by atoms with Crippen LogP contribution in [0.4, 0.5) is 10.1 Å². The second kappa shape index (κ2) is 4.59. The predicted octanol–water partition coefficient (Wildman–Crippen LogP) is 2.15. The molecular weight excluding hydrogens is 197 g/mol. The fourth-order valence-corrected chi connectivity index (χ4v) is 1.08. The number of rotatable bonds is 3. The largest absolute Gasteiger partial charge is 0.476 e. The normalized spacial score (nSPS) is 11.3. The molecule has 0 bridgehead atoms. The molecule has 0 fully saturated rings. The van der Waals surface area contributed by atoms with E-state index in [2.05, 4.69) is 0 Å². The van der Waals surface area contributed by atoms with Gasteiger partial charge in [0.05, 0.1) is 0 Å². The SMILES string of the molecule is CN(C)c1ccc(C=C(F)C(=O)O)cc1. The van der Waals surface area contributed by atoms with Gasteiger partial charge in [0.2, 0.25) is 5.83 Å². The van der Waals surface area contributed by atoms with E-state index in [9.17, 15) is 9.18 Å². The van der Waals surface area contributed by atoms with Gasteiger partial charge in [0.1, 0.15) is 0 Å². The van der Waals surface area contributed by atoms with E-state index in [4.69, 9.17) is 5.11 Å². The highest BCUT2D eigenvalue weighted by atomic mass is 19.1. The summed E-state index contributed by atoms with van der Waals surface area (Å²) < 4.78 is 12.7. The number of benzene rings is 1. The van der Waals surface area contributed by atoms with Gasteiger partial charge in [0.25, 0.3) is 0 Å². The maximum absolute atomic E-state index is 12.7. The van der Waals surface area contributed by atoms with Crippen molar-refractivity contribution in [2.45, 2.75) is 0 Å². The Morgan fingerprint density at radius 3 is 2.27 bits per heavy atom. The van der Waals surface area contributed by atoms with Crippen LogP contribution in [0.15, 0.2) is 30.1 Å². The molecule has 0 saturated carbocycles. The number of aliphatic carboxylic acids is 1. The van der Waals surface area contributed by atoms with Gasteiger partial charge >= 0.3 is 5.97 Å². The molecule has 0 unspecified atom stereocenters. The number of carboxylic acid groups (broad SMARTS) is 1. The molecule has 0 heterocycles. The third-order valence-electron chi connectivity index (χ3n) is 1.91. The Morgan fingerprint density at radius 1 is 1.33 bits per heavy atom. The monoisotopic (exact) mass is 209 g/mol. The smallest absolute Gasteiger partial charge is 0.364 e. The third kappa shape index (κ3) is 3.09. The first-order valence-corrected chi connectivity index (χ1v) is 4.38. The van der Waals surface area contributed by atoms with E-state index in [0.29, 0.717) is 5.56 Å².